The highest BCUT2D eigenvalue weighted by Crippen LogP contribution is 2.30. The number of ether oxygens (including phenoxy) is 1. The molecule has 11 heteroatoms. The largest absolute Gasteiger partial charge is 0.478 e. The molecule has 9 nitrogen and oxygen atoms in total. The van der Waals surface area contributed by atoms with Gasteiger partial charge in [0.25, 0.3) is 5.89 Å². The molecule has 0 atom stereocenters. The molecule has 0 unspecified atom stereocenters. The van der Waals surface area contributed by atoms with Crippen molar-refractivity contribution in [1.82, 2.24) is 20.3 Å². The van der Waals surface area contributed by atoms with Crippen molar-refractivity contribution in [3.63, 3.8) is 0 Å². The predicted molar refractivity (Wildman–Crippen MR) is 120 cm³/mol. The summed E-state index contributed by atoms with van der Waals surface area (Å²) >= 11 is 0. The zero-order valence-electron chi connectivity index (χ0n) is 19.2. The number of benzene rings is 2. The normalized spacial score (nSPS) is 12.3. The van der Waals surface area contributed by atoms with Gasteiger partial charge in [0.1, 0.15) is 16.5 Å². The molecule has 2 heterocycles. The Balaban J connectivity index is 1.51. The van der Waals surface area contributed by atoms with Gasteiger partial charge in [0, 0.05) is 23.3 Å². The number of aromatic nitrogens is 4. The van der Waals surface area contributed by atoms with E-state index in [-0.39, 0.29) is 23.2 Å². The van der Waals surface area contributed by atoms with Crippen molar-refractivity contribution in [1.29, 1.82) is 0 Å². The zero-order chi connectivity index (χ0) is 24.7. The minimum atomic E-state index is -3.68. The van der Waals surface area contributed by atoms with E-state index in [0.717, 1.165) is 17.9 Å². The fraction of sp³-hybridized carbons (Fsp3) is 0.304. The van der Waals surface area contributed by atoms with E-state index in [1.807, 2.05) is 26.0 Å². The monoisotopic (exact) mass is 486 g/mol. The number of sulfone groups is 1. The molecule has 2 aromatic heterocycles. The highest BCUT2D eigenvalue weighted by molar-refractivity contribution is 7.90. The third-order valence-electron chi connectivity index (χ3n) is 4.95. The molecule has 0 amide bonds. The molecule has 0 aliphatic heterocycles. The van der Waals surface area contributed by atoms with Gasteiger partial charge >= 0.3 is 0 Å². The van der Waals surface area contributed by atoms with Gasteiger partial charge in [-0.2, -0.15) is 9.97 Å². The number of hydrogen-bond donors (Lipinski definition) is 0. The Labute approximate surface area is 195 Å². The fourth-order valence-corrected chi connectivity index (χ4v) is 3.85. The second-order valence-corrected chi connectivity index (χ2v) is 10.6. The molecule has 4 rings (SSSR count). The maximum Gasteiger partial charge on any atom is 0.270 e. The SMILES string of the molecule is CC(C)c1nc(-c2ccc(OC(C)(C)c3nc(-c4ccc(S(C)(=O)=O)c(F)c4)no3)cc2)no1. The smallest absolute Gasteiger partial charge is 0.270 e. The molecule has 0 saturated carbocycles. The third kappa shape index (κ3) is 4.84. The van der Waals surface area contributed by atoms with Gasteiger partial charge in [-0.1, -0.05) is 24.2 Å². The van der Waals surface area contributed by atoms with Gasteiger partial charge in [-0.15, -0.1) is 0 Å². The quantitative estimate of drug-likeness (QED) is 0.364. The molecular formula is C23H23FN4O5S. The maximum absolute atomic E-state index is 14.3. The van der Waals surface area contributed by atoms with Crippen molar-refractivity contribution in [2.45, 2.75) is 44.1 Å². The first-order chi connectivity index (χ1) is 15.9. The second-order valence-electron chi connectivity index (χ2n) is 8.59. The van der Waals surface area contributed by atoms with Crippen LogP contribution in [-0.4, -0.2) is 35.0 Å². The van der Waals surface area contributed by atoms with E-state index in [1.54, 1.807) is 26.0 Å². The van der Waals surface area contributed by atoms with E-state index in [9.17, 15) is 12.8 Å². The highest BCUT2D eigenvalue weighted by atomic mass is 32.2. The Morgan fingerprint density at radius 1 is 0.941 bits per heavy atom. The van der Waals surface area contributed by atoms with Crippen molar-refractivity contribution < 1.29 is 26.6 Å². The Kier molecular flexibility index (Phi) is 5.98. The van der Waals surface area contributed by atoms with E-state index in [4.69, 9.17) is 13.8 Å². The third-order valence-corrected chi connectivity index (χ3v) is 6.08. The first-order valence-corrected chi connectivity index (χ1v) is 12.3. The summed E-state index contributed by atoms with van der Waals surface area (Å²) in [5.41, 5.74) is 0.0518. The van der Waals surface area contributed by atoms with Gasteiger partial charge in [-0.25, -0.2) is 12.8 Å². The van der Waals surface area contributed by atoms with Crippen molar-refractivity contribution in [3.05, 3.63) is 60.1 Å². The van der Waals surface area contributed by atoms with Gasteiger partial charge in [0.05, 0.1) is 0 Å². The Morgan fingerprint density at radius 2 is 1.56 bits per heavy atom. The molecule has 0 radical (unpaired) electrons. The van der Waals surface area contributed by atoms with Crippen LogP contribution in [0.2, 0.25) is 0 Å². The highest BCUT2D eigenvalue weighted by Gasteiger charge is 2.30. The summed E-state index contributed by atoms with van der Waals surface area (Å²) in [6.45, 7) is 7.44. The van der Waals surface area contributed by atoms with E-state index < -0.39 is 26.2 Å². The van der Waals surface area contributed by atoms with Gasteiger partial charge in [-0.3, -0.25) is 0 Å². The van der Waals surface area contributed by atoms with E-state index in [2.05, 4.69) is 20.3 Å². The number of hydrogen-bond acceptors (Lipinski definition) is 9. The molecule has 4 aromatic rings. The fourth-order valence-electron chi connectivity index (χ4n) is 3.12. The summed E-state index contributed by atoms with van der Waals surface area (Å²) < 4.78 is 54.1. The summed E-state index contributed by atoms with van der Waals surface area (Å²) in [6.07, 6.45) is 0.940. The molecule has 0 spiro atoms. The molecule has 34 heavy (non-hydrogen) atoms. The van der Waals surface area contributed by atoms with Crippen molar-refractivity contribution in [3.8, 4) is 28.5 Å². The molecule has 0 fully saturated rings. The lowest BCUT2D eigenvalue weighted by Gasteiger charge is -2.22. The van der Waals surface area contributed by atoms with Crippen LogP contribution in [0.25, 0.3) is 22.8 Å². The van der Waals surface area contributed by atoms with Crippen LogP contribution in [0, 0.1) is 5.82 Å². The van der Waals surface area contributed by atoms with Crippen molar-refractivity contribution in [2.75, 3.05) is 6.26 Å². The minimum Gasteiger partial charge on any atom is -0.478 e. The topological polar surface area (TPSA) is 121 Å². The van der Waals surface area contributed by atoms with E-state index in [0.29, 0.717) is 17.5 Å². The molecule has 2 aromatic carbocycles. The van der Waals surface area contributed by atoms with Crippen molar-refractivity contribution in [2.24, 2.45) is 0 Å². The van der Waals surface area contributed by atoms with Gasteiger partial charge in [-0.05, 0) is 56.3 Å². The molecule has 0 aliphatic carbocycles. The average Bonchev–Trinajstić information content (AvgIpc) is 3.44. The van der Waals surface area contributed by atoms with Crippen LogP contribution in [0.3, 0.4) is 0 Å². The van der Waals surface area contributed by atoms with Crippen LogP contribution in [0.15, 0.2) is 56.4 Å². The van der Waals surface area contributed by atoms with Gasteiger partial charge < -0.3 is 13.8 Å². The summed E-state index contributed by atoms with van der Waals surface area (Å²) in [5, 5.41) is 7.88. The van der Waals surface area contributed by atoms with Crippen LogP contribution in [0.1, 0.15) is 45.4 Å². The lowest BCUT2D eigenvalue weighted by atomic mass is 10.1. The first kappa shape index (κ1) is 23.6. The van der Waals surface area contributed by atoms with Crippen LogP contribution in [0.5, 0.6) is 5.75 Å². The number of nitrogens with zero attached hydrogens (tertiary/aromatic N) is 4. The molecule has 0 N–H and O–H groups in total. The lowest BCUT2D eigenvalue weighted by Crippen LogP contribution is -2.25. The summed E-state index contributed by atoms with van der Waals surface area (Å²) in [4.78, 5) is 8.30. The van der Waals surface area contributed by atoms with Crippen molar-refractivity contribution >= 4 is 9.84 Å². The molecule has 178 valence electrons. The summed E-state index contributed by atoms with van der Waals surface area (Å²) in [5.74, 6) is 1.13. The lowest BCUT2D eigenvalue weighted by molar-refractivity contribution is 0.0692. The Morgan fingerprint density at radius 3 is 2.15 bits per heavy atom. The van der Waals surface area contributed by atoms with Crippen LogP contribution >= 0.6 is 0 Å². The van der Waals surface area contributed by atoms with Crippen LogP contribution < -0.4 is 4.74 Å². The van der Waals surface area contributed by atoms with E-state index in [1.165, 1.54) is 12.1 Å². The summed E-state index contributed by atoms with van der Waals surface area (Å²) in [7, 11) is -3.68. The standard InChI is InChI=1S/C23H23FN4O5S/c1-13(2)21-25-19(27-32-21)14-6-9-16(10-7-14)31-23(3,4)22-26-20(28-33-22)15-8-11-18(17(24)12-15)34(5,29)30/h6-13H,1-5H3. The Bertz CT molecular complexity index is 1430. The summed E-state index contributed by atoms with van der Waals surface area (Å²) in [6, 6.07) is 10.8. The predicted octanol–water partition coefficient (Wildman–Crippen LogP) is 4.77. The first-order valence-electron chi connectivity index (χ1n) is 10.4. The van der Waals surface area contributed by atoms with Gasteiger partial charge in [0.2, 0.25) is 17.5 Å². The zero-order valence-corrected chi connectivity index (χ0v) is 20.1. The Hall–Kier alpha value is -3.60. The number of rotatable bonds is 7. The van der Waals surface area contributed by atoms with Crippen LogP contribution in [-0.2, 0) is 15.4 Å². The van der Waals surface area contributed by atoms with Crippen LogP contribution in [0.4, 0.5) is 4.39 Å². The van der Waals surface area contributed by atoms with E-state index >= 15 is 0 Å². The minimum absolute atomic E-state index is 0.110. The molecule has 0 bridgehead atoms. The molecule has 0 aliphatic rings. The molecular weight excluding hydrogens is 463 g/mol. The average molecular weight is 487 g/mol. The second kappa shape index (κ2) is 8.64. The maximum atomic E-state index is 14.3. The van der Waals surface area contributed by atoms with Gasteiger partial charge in [0.15, 0.2) is 15.4 Å². The number of halogens is 1. The molecule has 0 saturated heterocycles.